The minimum Gasteiger partial charge on any atom is -0.481 e. The van der Waals surface area contributed by atoms with Crippen LogP contribution in [0.5, 0.6) is 0 Å². The van der Waals surface area contributed by atoms with Gasteiger partial charge in [0.2, 0.25) is 11.8 Å². The number of carbonyl (C=O) groups excluding carboxylic acids is 2. The van der Waals surface area contributed by atoms with Crippen molar-refractivity contribution >= 4 is 23.8 Å². The predicted octanol–water partition coefficient (Wildman–Crippen LogP) is 0.168. The lowest BCUT2D eigenvalue weighted by molar-refractivity contribution is -0.143. The van der Waals surface area contributed by atoms with Crippen LogP contribution in [-0.2, 0) is 25.6 Å². The molecule has 8 heteroatoms. The number of carboxylic acids is 2. The van der Waals surface area contributed by atoms with E-state index in [1.807, 2.05) is 6.07 Å². The highest BCUT2D eigenvalue weighted by atomic mass is 16.4. The maximum Gasteiger partial charge on any atom is 0.326 e. The van der Waals surface area contributed by atoms with Gasteiger partial charge in [0, 0.05) is 19.8 Å². The van der Waals surface area contributed by atoms with Crippen LogP contribution in [0.15, 0.2) is 30.3 Å². The lowest BCUT2D eigenvalue weighted by Gasteiger charge is -2.21. The van der Waals surface area contributed by atoms with Crippen LogP contribution < -0.4 is 10.6 Å². The standard InChI is InChI=1S/C16H20N2O6/c1-10(19)17-13(9-11-5-3-2-4-6-11)15(22)18-12(16(23)24)7-8-14(20)21/h2-6,12-13H,7-9H2,1H3,(H,17,19)(H,18,22)(H,20,21)(H,23,24)/t12-,13+/m0/s1. The summed E-state index contributed by atoms with van der Waals surface area (Å²) in [6.45, 7) is 1.25. The quantitative estimate of drug-likeness (QED) is 0.508. The van der Waals surface area contributed by atoms with Crippen LogP contribution in [0.4, 0.5) is 0 Å². The summed E-state index contributed by atoms with van der Waals surface area (Å²) in [6, 6.07) is 6.65. The second-order valence-electron chi connectivity index (χ2n) is 5.27. The van der Waals surface area contributed by atoms with Crippen molar-refractivity contribution in [2.45, 2.75) is 38.3 Å². The average Bonchev–Trinajstić information content (AvgIpc) is 2.50. The van der Waals surface area contributed by atoms with Crippen molar-refractivity contribution in [1.29, 1.82) is 0 Å². The van der Waals surface area contributed by atoms with Gasteiger partial charge >= 0.3 is 11.9 Å². The summed E-state index contributed by atoms with van der Waals surface area (Å²) >= 11 is 0. The molecular weight excluding hydrogens is 316 g/mol. The maximum atomic E-state index is 12.3. The number of aliphatic carboxylic acids is 2. The Hall–Kier alpha value is -2.90. The Balaban J connectivity index is 2.79. The van der Waals surface area contributed by atoms with Gasteiger partial charge in [-0.1, -0.05) is 30.3 Å². The van der Waals surface area contributed by atoms with E-state index in [1.54, 1.807) is 24.3 Å². The van der Waals surface area contributed by atoms with Crippen LogP contribution >= 0.6 is 0 Å². The first-order valence-electron chi connectivity index (χ1n) is 7.35. The van der Waals surface area contributed by atoms with E-state index in [1.165, 1.54) is 6.92 Å². The van der Waals surface area contributed by atoms with Gasteiger partial charge in [-0.2, -0.15) is 0 Å². The SMILES string of the molecule is CC(=O)N[C@H](Cc1ccccc1)C(=O)N[C@@H](CCC(=O)O)C(=O)O. The molecule has 2 atom stereocenters. The van der Waals surface area contributed by atoms with Crippen molar-refractivity contribution in [1.82, 2.24) is 10.6 Å². The molecule has 0 spiro atoms. The van der Waals surface area contributed by atoms with Gasteiger partial charge in [0.1, 0.15) is 12.1 Å². The van der Waals surface area contributed by atoms with Gasteiger partial charge in [0.25, 0.3) is 0 Å². The number of hydrogen-bond donors (Lipinski definition) is 4. The minimum atomic E-state index is -1.33. The number of rotatable bonds is 9. The Morgan fingerprint density at radius 3 is 2.12 bits per heavy atom. The molecule has 0 radical (unpaired) electrons. The second kappa shape index (κ2) is 9.29. The number of carboxylic acid groups (broad SMARTS) is 2. The molecule has 0 bridgehead atoms. The number of nitrogens with one attached hydrogen (secondary N) is 2. The van der Waals surface area contributed by atoms with E-state index in [0.717, 1.165) is 5.56 Å². The molecule has 0 aliphatic carbocycles. The highest BCUT2D eigenvalue weighted by Crippen LogP contribution is 2.05. The smallest absolute Gasteiger partial charge is 0.326 e. The Kier molecular flexibility index (Phi) is 7.41. The summed E-state index contributed by atoms with van der Waals surface area (Å²) in [5.41, 5.74) is 0.795. The highest BCUT2D eigenvalue weighted by Gasteiger charge is 2.26. The molecule has 2 amide bonds. The van der Waals surface area contributed by atoms with E-state index < -0.39 is 35.8 Å². The third-order valence-corrected chi connectivity index (χ3v) is 3.24. The largest absolute Gasteiger partial charge is 0.481 e. The topological polar surface area (TPSA) is 133 Å². The van der Waals surface area contributed by atoms with Crippen molar-refractivity contribution in [3.8, 4) is 0 Å². The summed E-state index contributed by atoms with van der Waals surface area (Å²) in [5, 5.41) is 22.5. The lowest BCUT2D eigenvalue weighted by atomic mass is 10.0. The van der Waals surface area contributed by atoms with Crippen molar-refractivity contribution in [2.24, 2.45) is 0 Å². The van der Waals surface area contributed by atoms with Crippen LogP contribution in [0.1, 0.15) is 25.3 Å². The maximum absolute atomic E-state index is 12.3. The van der Waals surface area contributed by atoms with E-state index in [0.29, 0.717) is 0 Å². The molecule has 0 fully saturated rings. The van der Waals surface area contributed by atoms with Crippen LogP contribution in [0.25, 0.3) is 0 Å². The number of carbonyl (C=O) groups is 4. The summed E-state index contributed by atoms with van der Waals surface area (Å²) in [7, 11) is 0. The molecule has 4 N–H and O–H groups in total. The monoisotopic (exact) mass is 336 g/mol. The second-order valence-corrected chi connectivity index (χ2v) is 5.27. The first-order chi connectivity index (χ1) is 11.3. The molecule has 0 saturated heterocycles. The molecule has 0 heterocycles. The molecule has 8 nitrogen and oxygen atoms in total. The van der Waals surface area contributed by atoms with Gasteiger partial charge in [-0.15, -0.1) is 0 Å². The zero-order valence-corrected chi connectivity index (χ0v) is 13.2. The van der Waals surface area contributed by atoms with Crippen LogP contribution in [-0.4, -0.2) is 46.0 Å². The van der Waals surface area contributed by atoms with Crippen molar-refractivity contribution in [3.05, 3.63) is 35.9 Å². The van der Waals surface area contributed by atoms with Gasteiger partial charge < -0.3 is 20.8 Å². The normalized spacial score (nSPS) is 12.7. The number of hydrogen-bond acceptors (Lipinski definition) is 4. The van der Waals surface area contributed by atoms with Crippen molar-refractivity contribution < 1.29 is 29.4 Å². The number of amides is 2. The summed E-state index contributed by atoms with van der Waals surface area (Å²) in [4.78, 5) is 45.3. The molecule has 0 aliphatic heterocycles. The van der Waals surface area contributed by atoms with Crippen molar-refractivity contribution in [3.63, 3.8) is 0 Å². The van der Waals surface area contributed by atoms with Gasteiger partial charge in [0.15, 0.2) is 0 Å². The van der Waals surface area contributed by atoms with Gasteiger partial charge in [-0.3, -0.25) is 14.4 Å². The first-order valence-corrected chi connectivity index (χ1v) is 7.35. The van der Waals surface area contributed by atoms with E-state index in [2.05, 4.69) is 10.6 Å². The summed E-state index contributed by atoms with van der Waals surface area (Å²) < 4.78 is 0. The van der Waals surface area contributed by atoms with E-state index in [-0.39, 0.29) is 19.3 Å². The molecule has 0 unspecified atom stereocenters. The molecule has 1 rings (SSSR count). The third-order valence-electron chi connectivity index (χ3n) is 3.24. The molecule has 0 aromatic heterocycles. The Bertz CT molecular complexity index is 602. The first kappa shape index (κ1) is 19.1. The molecule has 1 aromatic carbocycles. The summed E-state index contributed by atoms with van der Waals surface area (Å²) in [5.74, 6) is -3.58. The molecular formula is C16H20N2O6. The van der Waals surface area contributed by atoms with E-state index >= 15 is 0 Å². The highest BCUT2D eigenvalue weighted by molar-refractivity contribution is 5.90. The van der Waals surface area contributed by atoms with E-state index in [9.17, 15) is 19.2 Å². The Morgan fingerprint density at radius 1 is 1.00 bits per heavy atom. The third kappa shape index (κ3) is 6.91. The zero-order valence-electron chi connectivity index (χ0n) is 13.2. The molecule has 0 aliphatic rings. The van der Waals surface area contributed by atoms with Crippen LogP contribution in [0.3, 0.4) is 0 Å². The predicted molar refractivity (Wildman–Crippen MR) is 84.2 cm³/mol. The lowest BCUT2D eigenvalue weighted by Crippen LogP contribution is -2.52. The minimum absolute atomic E-state index is 0.192. The van der Waals surface area contributed by atoms with Crippen molar-refractivity contribution in [2.75, 3.05) is 0 Å². The van der Waals surface area contributed by atoms with E-state index in [4.69, 9.17) is 10.2 Å². The summed E-state index contributed by atoms with van der Waals surface area (Å²) in [6.07, 6.45) is -0.438. The van der Waals surface area contributed by atoms with Gasteiger partial charge in [-0.05, 0) is 12.0 Å². The van der Waals surface area contributed by atoms with Crippen LogP contribution in [0.2, 0.25) is 0 Å². The molecule has 1 aromatic rings. The number of benzene rings is 1. The fourth-order valence-corrected chi connectivity index (χ4v) is 2.10. The van der Waals surface area contributed by atoms with Gasteiger partial charge in [0.05, 0.1) is 0 Å². The Labute approximate surface area is 138 Å². The fourth-order valence-electron chi connectivity index (χ4n) is 2.10. The zero-order chi connectivity index (χ0) is 18.1. The molecule has 0 saturated carbocycles. The Morgan fingerprint density at radius 2 is 1.62 bits per heavy atom. The van der Waals surface area contributed by atoms with Gasteiger partial charge in [-0.25, -0.2) is 4.79 Å². The fraction of sp³-hybridized carbons (Fsp3) is 0.375. The average molecular weight is 336 g/mol. The molecule has 24 heavy (non-hydrogen) atoms. The molecule has 130 valence electrons. The van der Waals surface area contributed by atoms with Crippen LogP contribution in [0, 0.1) is 0 Å².